The van der Waals surface area contributed by atoms with Gasteiger partial charge in [0, 0.05) is 37.7 Å². The van der Waals surface area contributed by atoms with Crippen LogP contribution in [0.5, 0.6) is 0 Å². The second-order valence-electron chi connectivity index (χ2n) is 5.79. The van der Waals surface area contributed by atoms with Gasteiger partial charge in [0.25, 0.3) is 0 Å². The number of hydrogen-bond donors (Lipinski definition) is 2. The molecule has 1 heterocycles. The second kappa shape index (κ2) is 14.4. The summed E-state index contributed by atoms with van der Waals surface area (Å²) < 4.78 is 25.9. The molecule has 1 aliphatic rings. The van der Waals surface area contributed by atoms with Crippen molar-refractivity contribution in [3.05, 3.63) is 0 Å². The molecule has 0 unspecified atom stereocenters. The van der Waals surface area contributed by atoms with Crippen molar-refractivity contribution < 1.29 is 8.42 Å². The summed E-state index contributed by atoms with van der Waals surface area (Å²) in [4.78, 5) is 4.25. The average Bonchev–Trinajstić information content (AvgIpc) is 2.54. The molecule has 6 nitrogen and oxygen atoms in total. The molecule has 24 heavy (non-hydrogen) atoms. The molecular formula is C15H33IN4O2S2. The van der Waals surface area contributed by atoms with E-state index in [4.69, 9.17) is 5.73 Å². The van der Waals surface area contributed by atoms with E-state index in [1.165, 1.54) is 32.1 Å². The summed E-state index contributed by atoms with van der Waals surface area (Å²) in [5, 5.41) is 2.91. The summed E-state index contributed by atoms with van der Waals surface area (Å²) in [6, 6.07) is 0. The zero-order chi connectivity index (χ0) is 17.0. The van der Waals surface area contributed by atoms with Gasteiger partial charge in [0.05, 0.1) is 5.75 Å². The Labute approximate surface area is 168 Å². The lowest BCUT2D eigenvalue weighted by molar-refractivity contribution is 0.443. The lowest BCUT2D eigenvalue weighted by Crippen LogP contribution is -2.43. The van der Waals surface area contributed by atoms with Gasteiger partial charge < -0.3 is 11.1 Å². The van der Waals surface area contributed by atoms with Crippen LogP contribution in [0, 0.1) is 0 Å². The van der Waals surface area contributed by atoms with Crippen LogP contribution in [0.1, 0.15) is 45.4 Å². The number of nitrogens with zero attached hydrogens (tertiary/aromatic N) is 2. The number of guanidine groups is 1. The van der Waals surface area contributed by atoms with E-state index < -0.39 is 10.0 Å². The summed E-state index contributed by atoms with van der Waals surface area (Å²) in [6.45, 7) is 4.48. The molecule has 9 heteroatoms. The smallest absolute Gasteiger partial charge is 0.215 e. The highest BCUT2D eigenvalue weighted by molar-refractivity contribution is 14.0. The molecule has 1 rings (SSSR count). The van der Waals surface area contributed by atoms with Crippen LogP contribution in [0.2, 0.25) is 0 Å². The van der Waals surface area contributed by atoms with Crippen LogP contribution in [-0.4, -0.2) is 62.1 Å². The predicted molar refractivity (Wildman–Crippen MR) is 116 cm³/mol. The van der Waals surface area contributed by atoms with E-state index in [9.17, 15) is 8.42 Å². The van der Waals surface area contributed by atoms with E-state index in [1.807, 2.05) is 0 Å². The first-order chi connectivity index (χ1) is 11.1. The lowest BCUT2D eigenvalue weighted by Gasteiger charge is -2.25. The quantitative estimate of drug-likeness (QED) is 0.200. The molecule has 0 saturated carbocycles. The van der Waals surface area contributed by atoms with E-state index in [2.05, 4.69) is 17.2 Å². The van der Waals surface area contributed by atoms with Crippen molar-refractivity contribution in [2.45, 2.75) is 45.4 Å². The molecule has 1 aliphatic heterocycles. The van der Waals surface area contributed by atoms with Gasteiger partial charge >= 0.3 is 0 Å². The number of aliphatic imine (C=N–C) groups is 1. The maximum atomic E-state index is 12.1. The molecule has 0 aromatic carbocycles. The summed E-state index contributed by atoms with van der Waals surface area (Å²) in [6.07, 6.45) is 7.32. The predicted octanol–water partition coefficient (Wildman–Crippen LogP) is 2.25. The van der Waals surface area contributed by atoms with E-state index in [1.54, 1.807) is 16.1 Å². The van der Waals surface area contributed by atoms with Gasteiger partial charge in [0.2, 0.25) is 10.0 Å². The van der Waals surface area contributed by atoms with Crippen molar-refractivity contribution >= 4 is 51.7 Å². The number of nitrogens with two attached hydrogens (primary N) is 1. The lowest BCUT2D eigenvalue weighted by atomic mass is 10.1. The molecule has 0 atom stereocenters. The molecule has 0 aromatic heterocycles. The molecule has 1 fully saturated rings. The van der Waals surface area contributed by atoms with Crippen LogP contribution >= 0.6 is 35.7 Å². The Morgan fingerprint density at radius 2 is 1.79 bits per heavy atom. The largest absolute Gasteiger partial charge is 0.370 e. The Morgan fingerprint density at radius 3 is 2.46 bits per heavy atom. The fraction of sp³-hybridized carbons (Fsp3) is 0.933. The first kappa shape index (κ1) is 24.3. The third kappa shape index (κ3) is 11.0. The van der Waals surface area contributed by atoms with Crippen molar-refractivity contribution in [3.8, 4) is 0 Å². The molecule has 0 spiro atoms. The van der Waals surface area contributed by atoms with Gasteiger partial charge in [0.1, 0.15) is 0 Å². The molecule has 0 aliphatic carbocycles. The van der Waals surface area contributed by atoms with Crippen molar-refractivity contribution in [3.63, 3.8) is 0 Å². The normalized spacial score (nSPS) is 16.6. The van der Waals surface area contributed by atoms with Crippen molar-refractivity contribution in [2.24, 2.45) is 10.7 Å². The minimum absolute atomic E-state index is 0. The first-order valence-corrected chi connectivity index (χ1v) is 11.4. The number of sulfonamides is 1. The molecule has 144 valence electrons. The summed E-state index contributed by atoms with van der Waals surface area (Å²) >= 11 is 1.80. The average molecular weight is 492 g/mol. The van der Waals surface area contributed by atoms with Gasteiger partial charge in [-0.2, -0.15) is 11.8 Å². The highest BCUT2D eigenvalue weighted by Crippen LogP contribution is 2.12. The summed E-state index contributed by atoms with van der Waals surface area (Å²) in [5.41, 5.74) is 5.77. The van der Waals surface area contributed by atoms with Gasteiger partial charge in [0.15, 0.2) is 5.96 Å². The third-order valence-electron chi connectivity index (χ3n) is 3.82. The molecule has 3 N–H and O–H groups in total. The van der Waals surface area contributed by atoms with Crippen molar-refractivity contribution in [2.75, 3.05) is 43.4 Å². The number of halogens is 1. The summed E-state index contributed by atoms with van der Waals surface area (Å²) in [5.74, 6) is 2.19. The van der Waals surface area contributed by atoms with Crippen LogP contribution in [0.25, 0.3) is 0 Å². The SMILES string of the molecule is CCCCCCCCN=C(N)NCCS(=O)(=O)N1CCSCC1.I. The summed E-state index contributed by atoms with van der Waals surface area (Å²) in [7, 11) is -3.17. The standard InChI is InChI=1S/C15H32N4O2S2.HI/c1-2-3-4-5-6-7-8-17-15(16)18-9-14-23(20,21)19-10-12-22-13-11-19;/h2-14H2,1H3,(H3,16,17,18);1H. The van der Waals surface area contributed by atoms with Crippen LogP contribution in [-0.2, 0) is 10.0 Å². The molecule has 0 amide bonds. The minimum atomic E-state index is -3.17. The fourth-order valence-corrected chi connectivity index (χ4v) is 4.90. The van der Waals surface area contributed by atoms with Crippen LogP contribution in [0.15, 0.2) is 4.99 Å². The first-order valence-electron chi connectivity index (χ1n) is 8.65. The van der Waals surface area contributed by atoms with Crippen LogP contribution in [0.4, 0.5) is 0 Å². The Balaban J connectivity index is 0.00000529. The number of thioether (sulfide) groups is 1. The zero-order valence-electron chi connectivity index (χ0n) is 14.7. The Morgan fingerprint density at radius 1 is 1.17 bits per heavy atom. The van der Waals surface area contributed by atoms with Gasteiger partial charge in [-0.05, 0) is 6.42 Å². The highest BCUT2D eigenvalue weighted by atomic mass is 127. The Kier molecular flexibility index (Phi) is 14.6. The Hall–Kier alpha value is 0.260. The topological polar surface area (TPSA) is 87.8 Å². The van der Waals surface area contributed by atoms with E-state index in [0.29, 0.717) is 32.1 Å². The minimum Gasteiger partial charge on any atom is -0.370 e. The van der Waals surface area contributed by atoms with Gasteiger partial charge in [-0.25, -0.2) is 12.7 Å². The Bertz CT molecular complexity index is 441. The molecular weight excluding hydrogens is 459 g/mol. The van der Waals surface area contributed by atoms with Gasteiger partial charge in [-0.1, -0.05) is 39.0 Å². The molecule has 1 saturated heterocycles. The van der Waals surface area contributed by atoms with Crippen molar-refractivity contribution in [1.82, 2.24) is 9.62 Å². The highest BCUT2D eigenvalue weighted by Gasteiger charge is 2.23. The number of nitrogens with one attached hydrogen (secondary N) is 1. The van der Waals surface area contributed by atoms with Gasteiger partial charge in [-0.15, -0.1) is 24.0 Å². The molecule has 0 radical (unpaired) electrons. The maximum Gasteiger partial charge on any atom is 0.215 e. The number of hydrogen-bond acceptors (Lipinski definition) is 4. The molecule has 0 aromatic rings. The van der Waals surface area contributed by atoms with Gasteiger partial charge in [-0.3, -0.25) is 4.99 Å². The molecule has 0 bridgehead atoms. The number of unbranched alkanes of at least 4 members (excludes halogenated alkanes) is 5. The maximum absolute atomic E-state index is 12.1. The monoisotopic (exact) mass is 492 g/mol. The van der Waals surface area contributed by atoms with E-state index >= 15 is 0 Å². The van der Waals surface area contributed by atoms with E-state index in [0.717, 1.165) is 17.9 Å². The van der Waals surface area contributed by atoms with Crippen LogP contribution < -0.4 is 11.1 Å². The van der Waals surface area contributed by atoms with E-state index in [-0.39, 0.29) is 29.7 Å². The fourth-order valence-electron chi connectivity index (χ4n) is 2.41. The van der Waals surface area contributed by atoms with Crippen molar-refractivity contribution in [1.29, 1.82) is 0 Å². The van der Waals surface area contributed by atoms with Crippen LogP contribution in [0.3, 0.4) is 0 Å². The zero-order valence-corrected chi connectivity index (χ0v) is 18.7. The second-order valence-corrected chi connectivity index (χ2v) is 9.10. The number of rotatable bonds is 11. The third-order valence-corrected chi connectivity index (χ3v) is 6.64.